The highest BCUT2D eigenvalue weighted by atomic mass is 15.5. The third-order valence-electron chi connectivity index (χ3n) is 0.992. The first-order chi connectivity index (χ1) is 4.20. The monoisotopic (exact) mass is 111 g/mol. The summed E-state index contributed by atoms with van der Waals surface area (Å²) in [6.45, 7) is 0. The molecule has 0 aliphatic rings. The minimum Gasteiger partial charge on any atom is -0.319 e. The van der Waals surface area contributed by atoms with Crippen molar-refractivity contribution in [3.05, 3.63) is 24.5 Å². The molecule has 0 saturated heterocycles. The number of aromatic nitrogens is 1. The Hall–Kier alpha value is -0.920. The largest absolute Gasteiger partial charge is 0.319 e. The second-order valence-corrected chi connectivity index (χ2v) is 1.84. The number of hydrogen-bond acceptors (Lipinski definition) is 1. The molecule has 0 aromatic carbocycles. The van der Waals surface area contributed by atoms with Crippen LogP contribution in [0.5, 0.6) is 0 Å². The molecule has 0 bridgehead atoms. The van der Waals surface area contributed by atoms with Gasteiger partial charge in [-0.2, -0.15) is 0 Å². The maximum atomic E-state index is 7.16. The summed E-state index contributed by atoms with van der Waals surface area (Å²) in [7, 11) is 3.86. The van der Waals surface area contributed by atoms with E-state index in [4.69, 9.17) is 1.37 Å². The lowest BCUT2D eigenvalue weighted by Gasteiger charge is -2.12. The zero-order valence-corrected chi connectivity index (χ0v) is 5.13. The van der Waals surface area contributed by atoms with Crippen LogP contribution in [-0.2, 0) is 0 Å². The summed E-state index contributed by atoms with van der Waals surface area (Å²) < 4.78 is 9.01. The molecule has 0 saturated carbocycles. The molecule has 2 nitrogen and oxygen atoms in total. The van der Waals surface area contributed by atoms with Crippen LogP contribution < -0.4 is 5.01 Å². The molecule has 0 unspecified atom stereocenters. The fourth-order valence-corrected chi connectivity index (χ4v) is 0.531. The topological polar surface area (TPSA) is 8.17 Å². The highest BCUT2D eigenvalue weighted by Crippen LogP contribution is 1.86. The summed E-state index contributed by atoms with van der Waals surface area (Å²) in [6.07, 6.45) is 3.60. The van der Waals surface area contributed by atoms with E-state index in [0.717, 1.165) is 0 Å². The van der Waals surface area contributed by atoms with Gasteiger partial charge >= 0.3 is 0 Å². The summed E-state index contributed by atoms with van der Waals surface area (Å²) in [5.41, 5.74) is 0. The zero-order chi connectivity index (χ0) is 6.85. The minimum absolute atomic E-state index is 0.545. The van der Waals surface area contributed by atoms with Crippen molar-refractivity contribution in [2.24, 2.45) is 0 Å². The second-order valence-electron chi connectivity index (χ2n) is 1.84. The molecule has 0 atom stereocenters. The standard InChI is InChI=1S/C6H10N2/c1-7(2)8-5-3-4-6-8/h3-6H,1-2H3/i3D. The molecule has 0 amide bonds. The van der Waals surface area contributed by atoms with Crippen molar-refractivity contribution in [2.75, 3.05) is 19.1 Å². The van der Waals surface area contributed by atoms with Gasteiger partial charge in [0, 0.05) is 26.5 Å². The van der Waals surface area contributed by atoms with Crippen molar-refractivity contribution in [3.8, 4) is 0 Å². The van der Waals surface area contributed by atoms with Crippen LogP contribution in [0, 0.1) is 0 Å². The first-order valence-corrected chi connectivity index (χ1v) is 2.52. The van der Waals surface area contributed by atoms with E-state index in [2.05, 4.69) is 0 Å². The van der Waals surface area contributed by atoms with E-state index < -0.39 is 0 Å². The average Bonchev–Trinajstić information content (AvgIpc) is 2.14. The molecular weight excluding hydrogens is 100 g/mol. The third-order valence-corrected chi connectivity index (χ3v) is 0.992. The second kappa shape index (κ2) is 1.90. The highest BCUT2D eigenvalue weighted by molar-refractivity contribution is 4.93. The van der Waals surface area contributed by atoms with Gasteiger partial charge < -0.3 is 5.01 Å². The number of hydrogen-bond donors (Lipinski definition) is 0. The average molecular weight is 111 g/mol. The van der Waals surface area contributed by atoms with Gasteiger partial charge in [-0.25, -0.2) is 0 Å². The molecule has 0 fully saturated rings. The smallest absolute Gasteiger partial charge is 0.0640 e. The summed E-state index contributed by atoms with van der Waals surface area (Å²) >= 11 is 0. The molecular formula is C6H10N2. The molecule has 1 aromatic heterocycles. The van der Waals surface area contributed by atoms with Crippen molar-refractivity contribution in [3.63, 3.8) is 0 Å². The van der Waals surface area contributed by atoms with Crippen LogP contribution in [-0.4, -0.2) is 18.8 Å². The van der Waals surface area contributed by atoms with Crippen LogP contribution in [0.3, 0.4) is 0 Å². The van der Waals surface area contributed by atoms with Gasteiger partial charge in [0.25, 0.3) is 0 Å². The maximum absolute atomic E-state index is 7.16. The summed E-state index contributed by atoms with van der Waals surface area (Å²) in [5, 5.41) is 1.90. The molecule has 2 heteroatoms. The van der Waals surface area contributed by atoms with E-state index in [1.54, 1.807) is 12.3 Å². The lowest BCUT2D eigenvalue weighted by atomic mass is 10.7. The normalized spacial score (nSPS) is 11.0. The van der Waals surface area contributed by atoms with E-state index in [1.807, 2.05) is 30.0 Å². The Morgan fingerprint density at radius 2 is 2.25 bits per heavy atom. The lowest BCUT2D eigenvalue weighted by molar-refractivity contribution is 0.737. The van der Waals surface area contributed by atoms with Crippen molar-refractivity contribution in [1.82, 2.24) is 4.68 Å². The Morgan fingerprint density at radius 1 is 1.50 bits per heavy atom. The minimum atomic E-state index is 0.545. The van der Waals surface area contributed by atoms with Crippen LogP contribution in [0.2, 0.25) is 0 Å². The summed E-state index contributed by atoms with van der Waals surface area (Å²) in [5.74, 6) is 0. The Bertz CT molecular complexity index is 193. The van der Waals surface area contributed by atoms with Crippen LogP contribution in [0.4, 0.5) is 0 Å². The van der Waals surface area contributed by atoms with Gasteiger partial charge in [0.05, 0.1) is 1.37 Å². The van der Waals surface area contributed by atoms with E-state index in [1.165, 1.54) is 0 Å². The molecule has 0 aliphatic carbocycles. The SMILES string of the molecule is [2H]c1ccn(N(C)C)c1. The van der Waals surface area contributed by atoms with Gasteiger partial charge in [-0.1, -0.05) is 0 Å². The fraction of sp³-hybridized carbons (Fsp3) is 0.333. The predicted molar refractivity (Wildman–Crippen MR) is 34.5 cm³/mol. The maximum Gasteiger partial charge on any atom is 0.0640 e. The van der Waals surface area contributed by atoms with Gasteiger partial charge in [-0.3, -0.25) is 4.68 Å². The zero-order valence-electron chi connectivity index (χ0n) is 6.13. The fourth-order valence-electron chi connectivity index (χ4n) is 0.531. The first kappa shape index (κ1) is 4.01. The van der Waals surface area contributed by atoms with Crippen LogP contribution in [0.15, 0.2) is 24.5 Å². The third kappa shape index (κ3) is 0.832. The Labute approximate surface area is 50.7 Å². The van der Waals surface area contributed by atoms with Crippen molar-refractivity contribution in [1.29, 1.82) is 0 Å². The van der Waals surface area contributed by atoms with E-state index in [9.17, 15) is 0 Å². The molecule has 8 heavy (non-hydrogen) atoms. The molecule has 1 aromatic rings. The quantitative estimate of drug-likeness (QED) is 0.517. The highest BCUT2D eigenvalue weighted by Gasteiger charge is 1.83. The Balaban J connectivity index is 2.85. The van der Waals surface area contributed by atoms with Gasteiger partial charge in [-0.15, -0.1) is 0 Å². The molecule has 0 radical (unpaired) electrons. The molecule has 0 N–H and O–H groups in total. The van der Waals surface area contributed by atoms with Crippen LogP contribution in [0.25, 0.3) is 0 Å². The van der Waals surface area contributed by atoms with Crippen molar-refractivity contribution in [2.45, 2.75) is 0 Å². The van der Waals surface area contributed by atoms with Crippen molar-refractivity contribution >= 4 is 0 Å². The van der Waals surface area contributed by atoms with Gasteiger partial charge in [-0.05, 0) is 12.1 Å². The summed E-state index contributed by atoms with van der Waals surface area (Å²) in [4.78, 5) is 0. The molecule has 0 aliphatic heterocycles. The first-order valence-electron chi connectivity index (χ1n) is 3.02. The molecule has 1 heterocycles. The summed E-state index contributed by atoms with van der Waals surface area (Å²) in [6, 6.07) is 2.30. The Kier molecular flexibility index (Phi) is 0.954. The predicted octanol–water partition coefficient (Wildman–Crippen LogP) is 0.686. The van der Waals surface area contributed by atoms with Crippen LogP contribution >= 0.6 is 0 Å². The van der Waals surface area contributed by atoms with E-state index in [-0.39, 0.29) is 0 Å². The number of nitrogens with zero attached hydrogens (tertiary/aromatic N) is 2. The lowest BCUT2D eigenvalue weighted by Crippen LogP contribution is -2.22. The van der Waals surface area contributed by atoms with E-state index in [0.29, 0.717) is 6.04 Å². The van der Waals surface area contributed by atoms with Gasteiger partial charge in [0.15, 0.2) is 0 Å². The van der Waals surface area contributed by atoms with Crippen LogP contribution in [0.1, 0.15) is 1.37 Å². The molecule has 44 valence electrons. The molecule has 1 rings (SSSR count). The number of rotatable bonds is 1. The van der Waals surface area contributed by atoms with Crippen molar-refractivity contribution < 1.29 is 1.37 Å². The van der Waals surface area contributed by atoms with Gasteiger partial charge in [0.2, 0.25) is 0 Å². The van der Waals surface area contributed by atoms with E-state index >= 15 is 0 Å². The molecule has 0 spiro atoms. The van der Waals surface area contributed by atoms with Gasteiger partial charge in [0.1, 0.15) is 0 Å². The Morgan fingerprint density at radius 3 is 2.50 bits per heavy atom.